The topological polar surface area (TPSA) is 124 Å². The zero-order valence-electron chi connectivity index (χ0n) is 18.4. The van der Waals surface area contributed by atoms with Gasteiger partial charge in [0.2, 0.25) is 17.6 Å². The lowest BCUT2D eigenvalue weighted by atomic mass is 9.63. The van der Waals surface area contributed by atoms with Crippen LogP contribution in [0.1, 0.15) is 27.1 Å². The molecule has 176 valence electrons. The lowest BCUT2D eigenvalue weighted by Gasteiger charge is -2.37. The van der Waals surface area contributed by atoms with E-state index in [1.165, 1.54) is 47.4 Å². The molecule has 0 unspecified atom stereocenters. The van der Waals surface area contributed by atoms with Crippen LogP contribution in [-0.4, -0.2) is 35.1 Å². The minimum Gasteiger partial charge on any atom is -0.454 e. The lowest BCUT2D eigenvalue weighted by molar-refractivity contribution is -0.384. The fraction of sp³-hybridized carbons (Fsp3) is 0.308. The van der Waals surface area contributed by atoms with Gasteiger partial charge in [-0.3, -0.25) is 29.4 Å². The summed E-state index contributed by atoms with van der Waals surface area (Å²) in [6.07, 6.45) is 5.32. The summed E-state index contributed by atoms with van der Waals surface area (Å²) in [5, 5.41) is 10.9. The highest BCUT2D eigenvalue weighted by atomic mass is 16.6. The normalized spacial score (nSPS) is 29.5. The molecule has 1 heterocycles. The first-order valence-electron chi connectivity index (χ1n) is 11.5. The van der Waals surface area contributed by atoms with Gasteiger partial charge in [0, 0.05) is 17.7 Å². The minimum atomic E-state index is -0.759. The van der Waals surface area contributed by atoms with Crippen molar-refractivity contribution in [3.8, 4) is 0 Å². The van der Waals surface area contributed by atoms with Gasteiger partial charge in [0.25, 0.3) is 5.69 Å². The summed E-state index contributed by atoms with van der Waals surface area (Å²) in [6, 6.07) is 11.1. The molecule has 7 rings (SSSR count). The van der Waals surface area contributed by atoms with Crippen molar-refractivity contribution in [2.24, 2.45) is 35.5 Å². The molecule has 0 radical (unpaired) electrons. The molecule has 3 fully saturated rings. The molecule has 0 N–H and O–H groups in total. The number of Topliss-reactive ketones (excluding diaryl/α,β-unsaturated/α-hetero) is 1. The summed E-state index contributed by atoms with van der Waals surface area (Å²) in [6.45, 7) is -0.577. The zero-order chi connectivity index (χ0) is 24.4. The Morgan fingerprint density at radius 3 is 2.17 bits per heavy atom. The highest BCUT2D eigenvalue weighted by molar-refractivity contribution is 6.22. The molecule has 6 atom stereocenters. The number of carbonyl (C=O) groups is 4. The molecular weight excluding hydrogens is 452 g/mol. The van der Waals surface area contributed by atoms with E-state index < -0.39 is 23.3 Å². The van der Waals surface area contributed by atoms with Crippen LogP contribution in [0.5, 0.6) is 0 Å². The molecule has 0 aromatic heterocycles. The summed E-state index contributed by atoms with van der Waals surface area (Å²) in [4.78, 5) is 62.6. The Kier molecular flexibility index (Phi) is 4.70. The molecule has 9 nitrogen and oxygen atoms in total. The van der Waals surface area contributed by atoms with Crippen LogP contribution in [0.25, 0.3) is 0 Å². The number of rotatable bonds is 6. The molecule has 35 heavy (non-hydrogen) atoms. The van der Waals surface area contributed by atoms with E-state index >= 15 is 0 Å². The van der Waals surface area contributed by atoms with Crippen LogP contribution in [0.15, 0.2) is 60.7 Å². The number of esters is 1. The van der Waals surface area contributed by atoms with Crippen LogP contribution in [0, 0.1) is 45.6 Å². The molecule has 1 saturated heterocycles. The van der Waals surface area contributed by atoms with Crippen molar-refractivity contribution in [1.82, 2.24) is 0 Å². The Labute approximate surface area is 199 Å². The molecular formula is C26H20N2O7. The molecule has 2 saturated carbocycles. The summed E-state index contributed by atoms with van der Waals surface area (Å²) in [7, 11) is 0. The van der Waals surface area contributed by atoms with Gasteiger partial charge in [-0.25, -0.2) is 4.79 Å². The number of benzene rings is 2. The summed E-state index contributed by atoms with van der Waals surface area (Å²) in [5.41, 5.74) is 0.396. The van der Waals surface area contributed by atoms with Crippen molar-refractivity contribution in [3.05, 3.63) is 81.9 Å². The predicted octanol–water partition coefficient (Wildman–Crippen LogP) is 3.19. The SMILES string of the molecule is O=C(COC(=O)c1ccc(N2C(=O)[C@@H]3[C@H]4C=C[C@@H]([C@@H]5C[C@H]45)[C@H]3C2=O)cc1)c1cccc([N+](=O)[O-])c1. The number of nitro benzene ring substituents is 1. The number of nitro groups is 1. The van der Waals surface area contributed by atoms with Crippen molar-refractivity contribution in [2.75, 3.05) is 11.5 Å². The molecule has 2 amide bonds. The minimum absolute atomic E-state index is 0.0657. The number of nitrogens with zero attached hydrogens (tertiary/aromatic N) is 2. The van der Waals surface area contributed by atoms with Gasteiger partial charge in [0.1, 0.15) is 0 Å². The average molecular weight is 472 g/mol. The number of ketones is 1. The molecule has 9 heteroatoms. The van der Waals surface area contributed by atoms with Gasteiger partial charge >= 0.3 is 5.97 Å². The second kappa shape index (κ2) is 7.69. The van der Waals surface area contributed by atoms with Gasteiger partial charge in [0.05, 0.1) is 28.0 Å². The molecule has 1 aliphatic heterocycles. The molecule has 0 spiro atoms. The third kappa shape index (κ3) is 3.30. The Morgan fingerprint density at radius 1 is 0.943 bits per heavy atom. The lowest BCUT2D eigenvalue weighted by Crippen LogP contribution is -2.40. The van der Waals surface area contributed by atoms with Gasteiger partial charge in [0.15, 0.2) is 6.61 Å². The first-order chi connectivity index (χ1) is 16.8. The highest BCUT2D eigenvalue weighted by Crippen LogP contribution is 2.65. The van der Waals surface area contributed by atoms with E-state index in [2.05, 4.69) is 12.2 Å². The number of carbonyl (C=O) groups excluding carboxylic acids is 4. The zero-order valence-corrected chi connectivity index (χ0v) is 18.4. The van der Waals surface area contributed by atoms with Gasteiger partial charge in [-0.05, 0) is 54.4 Å². The number of hydrogen-bond donors (Lipinski definition) is 0. The standard InChI is InChI=1S/C26H20N2O7/c29-21(14-2-1-3-16(10-14)28(33)34)12-35-26(32)13-4-6-15(7-5-13)27-24(30)22-17-8-9-18(20-11-19(17)20)23(22)25(27)31/h1-10,17-20,22-23H,11-12H2/t17-,18-,19-,20+,22+,23+/m0/s1. The number of anilines is 1. The Hall–Kier alpha value is -4.14. The van der Waals surface area contributed by atoms with Crippen LogP contribution >= 0.6 is 0 Å². The number of amides is 2. The number of non-ortho nitro benzene ring substituents is 1. The number of imide groups is 1. The van der Waals surface area contributed by atoms with E-state index in [9.17, 15) is 29.3 Å². The van der Waals surface area contributed by atoms with Crippen molar-refractivity contribution >= 4 is 34.9 Å². The monoisotopic (exact) mass is 472 g/mol. The molecule has 2 aromatic rings. The second-order valence-electron chi connectivity index (χ2n) is 9.52. The smallest absolute Gasteiger partial charge is 0.338 e. The average Bonchev–Trinajstić information content (AvgIpc) is 3.65. The number of ether oxygens (including phenoxy) is 1. The maximum atomic E-state index is 13.2. The van der Waals surface area contributed by atoms with Crippen LogP contribution in [-0.2, 0) is 14.3 Å². The van der Waals surface area contributed by atoms with E-state index in [1.54, 1.807) is 0 Å². The van der Waals surface area contributed by atoms with E-state index in [0.717, 1.165) is 12.5 Å². The predicted molar refractivity (Wildman–Crippen MR) is 121 cm³/mol. The van der Waals surface area contributed by atoms with Gasteiger partial charge in [-0.2, -0.15) is 0 Å². The van der Waals surface area contributed by atoms with Crippen LogP contribution in [0.3, 0.4) is 0 Å². The second-order valence-corrected chi connectivity index (χ2v) is 9.52. The van der Waals surface area contributed by atoms with Crippen LogP contribution < -0.4 is 4.90 Å². The molecule has 4 aliphatic carbocycles. The Bertz CT molecular complexity index is 1300. The maximum absolute atomic E-state index is 13.2. The van der Waals surface area contributed by atoms with E-state index in [0.29, 0.717) is 17.5 Å². The van der Waals surface area contributed by atoms with Crippen molar-refractivity contribution < 1.29 is 28.8 Å². The molecule has 5 aliphatic rings. The van der Waals surface area contributed by atoms with E-state index in [4.69, 9.17) is 4.74 Å². The summed E-state index contributed by atoms with van der Waals surface area (Å²) < 4.78 is 5.07. The van der Waals surface area contributed by atoms with Crippen molar-refractivity contribution in [2.45, 2.75) is 6.42 Å². The summed E-state index contributed by atoms with van der Waals surface area (Å²) in [5.74, 6) is -0.985. The Balaban J connectivity index is 1.13. The quantitative estimate of drug-likeness (QED) is 0.158. The highest BCUT2D eigenvalue weighted by Gasteiger charge is 2.67. The third-order valence-electron chi connectivity index (χ3n) is 7.74. The fourth-order valence-electron chi connectivity index (χ4n) is 6.05. The largest absolute Gasteiger partial charge is 0.454 e. The first-order valence-corrected chi connectivity index (χ1v) is 11.5. The Morgan fingerprint density at radius 2 is 1.57 bits per heavy atom. The van der Waals surface area contributed by atoms with E-state index in [1.807, 2.05) is 0 Å². The van der Waals surface area contributed by atoms with Crippen molar-refractivity contribution in [1.29, 1.82) is 0 Å². The van der Waals surface area contributed by atoms with Crippen molar-refractivity contribution in [3.63, 3.8) is 0 Å². The maximum Gasteiger partial charge on any atom is 0.338 e. The van der Waals surface area contributed by atoms with Gasteiger partial charge in [-0.15, -0.1) is 0 Å². The molecule has 2 aromatic carbocycles. The van der Waals surface area contributed by atoms with Crippen LogP contribution in [0.2, 0.25) is 0 Å². The van der Waals surface area contributed by atoms with Gasteiger partial charge in [-0.1, -0.05) is 24.3 Å². The first kappa shape index (κ1) is 21.4. The third-order valence-corrected chi connectivity index (χ3v) is 7.74. The fourth-order valence-corrected chi connectivity index (χ4v) is 6.05. The summed E-state index contributed by atoms with van der Waals surface area (Å²) >= 11 is 0. The number of allylic oxidation sites excluding steroid dienone is 2. The van der Waals surface area contributed by atoms with Crippen LogP contribution in [0.4, 0.5) is 11.4 Å². The van der Waals surface area contributed by atoms with E-state index in [-0.39, 0.29) is 52.3 Å². The van der Waals surface area contributed by atoms with Gasteiger partial charge < -0.3 is 4.74 Å². The number of hydrogen-bond acceptors (Lipinski definition) is 7. The molecule has 2 bridgehead atoms.